The largest absolute Gasteiger partial charge is 0.454 e. The van der Waals surface area contributed by atoms with E-state index in [0.717, 1.165) is 31.9 Å². The van der Waals surface area contributed by atoms with Crippen molar-refractivity contribution in [3.63, 3.8) is 0 Å². The highest BCUT2D eigenvalue weighted by molar-refractivity contribution is 8.04. The molecule has 5 heterocycles. The summed E-state index contributed by atoms with van der Waals surface area (Å²) in [5, 5.41) is 9.69. The minimum absolute atomic E-state index is 0.0944. The van der Waals surface area contributed by atoms with Crippen molar-refractivity contribution in [1.29, 1.82) is 5.26 Å². The summed E-state index contributed by atoms with van der Waals surface area (Å²) in [6, 6.07) is 7.30. The van der Waals surface area contributed by atoms with Crippen LogP contribution in [0.2, 0.25) is 0 Å². The highest BCUT2D eigenvalue weighted by atomic mass is 32.2. The second-order valence-electron chi connectivity index (χ2n) is 8.82. The van der Waals surface area contributed by atoms with E-state index in [1.54, 1.807) is 24.9 Å². The molecule has 10 heteroatoms. The number of nitriles is 1. The van der Waals surface area contributed by atoms with Gasteiger partial charge in [0.25, 0.3) is 11.8 Å². The molecule has 0 N–H and O–H groups in total. The van der Waals surface area contributed by atoms with E-state index >= 15 is 0 Å². The first-order valence-corrected chi connectivity index (χ1v) is 11.5. The third-order valence-electron chi connectivity index (χ3n) is 6.95. The maximum absolute atomic E-state index is 13.1. The molecule has 2 amide bonds. The average molecular weight is 459 g/mol. The number of ether oxygens (including phenoxy) is 3. The quantitative estimate of drug-likeness (QED) is 0.623. The van der Waals surface area contributed by atoms with Crippen molar-refractivity contribution in [2.75, 3.05) is 47.2 Å². The van der Waals surface area contributed by atoms with Crippen LogP contribution in [0.15, 0.2) is 18.2 Å². The molecule has 1 aromatic carbocycles. The molecule has 1 spiro atoms. The Balaban J connectivity index is 0.000000265. The standard InChI is InChI=1S/C17H15N3O4S.C5H11NO/c1-16-14(21)20-13(9-3-4-11-12(5-9)24-8-23-11)10(7-18)6-17(20,25-16)15(22)19(16)2;1-6-2-4-7-5-3-6/h3-5,10,13H,6,8H2,1-2H3;2-5H2,1H3. The van der Waals surface area contributed by atoms with Gasteiger partial charge in [-0.25, -0.2) is 0 Å². The smallest absolute Gasteiger partial charge is 0.260 e. The summed E-state index contributed by atoms with van der Waals surface area (Å²) in [7, 11) is 3.77. The Hall–Kier alpha value is -2.48. The Morgan fingerprint density at radius 2 is 1.84 bits per heavy atom. The number of benzene rings is 1. The number of fused-ring (bicyclic) bond motifs is 2. The number of hydrogen-bond acceptors (Lipinski definition) is 8. The molecule has 9 nitrogen and oxygen atoms in total. The summed E-state index contributed by atoms with van der Waals surface area (Å²) in [4.78, 5) is 29.6. The Labute approximate surface area is 191 Å². The number of carbonyl (C=O) groups excluding carboxylic acids is 2. The predicted molar refractivity (Wildman–Crippen MR) is 116 cm³/mol. The number of thioether (sulfide) groups is 1. The molecule has 4 saturated heterocycles. The molecule has 170 valence electrons. The lowest BCUT2D eigenvalue weighted by Gasteiger charge is -2.39. The molecule has 5 aliphatic rings. The molecule has 5 aliphatic heterocycles. The van der Waals surface area contributed by atoms with Crippen LogP contribution in [0.5, 0.6) is 11.5 Å². The van der Waals surface area contributed by atoms with E-state index in [9.17, 15) is 14.9 Å². The van der Waals surface area contributed by atoms with Crippen LogP contribution in [0.25, 0.3) is 0 Å². The van der Waals surface area contributed by atoms with Gasteiger partial charge in [-0.2, -0.15) is 5.26 Å². The Kier molecular flexibility index (Phi) is 5.04. The lowest BCUT2D eigenvalue weighted by atomic mass is 9.94. The lowest BCUT2D eigenvalue weighted by Crippen LogP contribution is -2.60. The van der Waals surface area contributed by atoms with Crippen molar-refractivity contribution in [3.05, 3.63) is 23.8 Å². The summed E-state index contributed by atoms with van der Waals surface area (Å²) in [5.41, 5.74) is 0.799. The molecule has 1 aromatic rings. The SMILES string of the molecule is CN1C(=O)C23CC(C#N)C(c4ccc5c(c4)OCO5)N2C(=O)C1(C)S3.CN1CCOCC1. The molecule has 6 rings (SSSR count). The van der Waals surface area contributed by atoms with Crippen molar-refractivity contribution in [3.8, 4) is 17.6 Å². The van der Waals surface area contributed by atoms with Crippen LogP contribution >= 0.6 is 11.8 Å². The lowest BCUT2D eigenvalue weighted by molar-refractivity contribution is -0.159. The molecule has 0 aromatic heterocycles. The Bertz CT molecular complexity index is 1010. The minimum Gasteiger partial charge on any atom is -0.454 e. The minimum atomic E-state index is -0.970. The number of morpholine rings is 1. The molecule has 32 heavy (non-hydrogen) atoms. The fraction of sp³-hybridized carbons (Fsp3) is 0.591. The van der Waals surface area contributed by atoms with Gasteiger partial charge in [-0.05, 0) is 31.7 Å². The van der Waals surface area contributed by atoms with Crippen molar-refractivity contribution in [1.82, 2.24) is 14.7 Å². The van der Waals surface area contributed by atoms with E-state index in [1.165, 1.54) is 16.7 Å². The number of piperazine rings is 1. The molecule has 0 aliphatic carbocycles. The first-order valence-electron chi connectivity index (χ1n) is 10.7. The predicted octanol–water partition coefficient (Wildman–Crippen LogP) is 1.41. The number of carbonyl (C=O) groups is 2. The highest BCUT2D eigenvalue weighted by Crippen LogP contribution is 2.66. The zero-order valence-corrected chi connectivity index (χ0v) is 19.2. The fourth-order valence-electron chi connectivity index (χ4n) is 5.04. The Morgan fingerprint density at radius 1 is 1.12 bits per heavy atom. The van der Waals surface area contributed by atoms with Crippen LogP contribution in [0, 0.1) is 17.2 Å². The van der Waals surface area contributed by atoms with E-state index < -0.39 is 21.7 Å². The number of nitrogens with zero attached hydrogens (tertiary/aromatic N) is 4. The van der Waals surface area contributed by atoms with Gasteiger partial charge in [0.15, 0.2) is 21.2 Å². The van der Waals surface area contributed by atoms with Crippen LogP contribution in [0.4, 0.5) is 0 Å². The van der Waals surface area contributed by atoms with E-state index in [4.69, 9.17) is 14.2 Å². The molecular weight excluding hydrogens is 432 g/mol. The van der Waals surface area contributed by atoms with Crippen LogP contribution in [0.3, 0.4) is 0 Å². The zero-order chi connectivity index (χ0) is 22.7. The highest BCUT2D eigenvalue weighted by Gasteiger charge is 2.76. The maximum atomic E-state index is 13.1. The van der Waals surface area contributed by atoms with Crippen molar-refractivity contribution in [2.45, 2.75) is 29.1 Å². The van der Waals surface area contributed by atoms with Gasteiger partial charge in [-0.3, -0.25) is 9.59 Å². The molecule has 2 bridgehead atoms. The summed E-state index contributed by atoms with van der Waals surface area (Å²) in [6.07, 6.45) is 0.345. The van der Waals surface area contributed by atoms with Crippen molar-refractivity contribution < 1.29 is 23.8 Å². The summed E-state index contributed by atoms with van der Waals surface area (Å²) in [6.45, 7) is 5.96. The fourth-order valence-corrected chi connectivity index (χ4v) is 6.89. The second kappa shape index (κ2) is 7.54. The first kappa shape index (κ1) is 21.4. The molecule has 4 unspecified atom stereocenters. The van der Waals surface area contributed by atoms with Gasteiger partial charge in [0.2, 0.25) is 6.79 Å². The van der Waals surface area contributed by atoms with E-state index in [0.29, 0.717) is 17.9 Å². The van der Waals surface area contributed by atoms with Gasteiger partial charge >= 0.3 is 0 Å². The first-order chi connectivity index (χ1) is 15.3. The van der Waals surface area contributed by atoms with Gasteiger partial charge in [0.1, 0.15) is 0 Å². The van der Waals surface area contributed by atoms with E-state index in [-0.39, 0.29) is 18.6 Å². The average Bonchev–Trinajstić information content (AvgIpc) is 3.49. The van der Waals surface area contributed by atoms with Gasteiger partial charge in [-0.15, -0.1) is 0 Å². The third kappa shape index (κ3) is 2.91. The van der Waals surface area contributed by atoms with Crippen LogP contribution < -0.4 is 9.47 Å². The summed E-state index contributed by atoms with van der Waals surface area (Å²) < 4.78 is 15.9. The van der Waals surface area contributed by atoms with Gasteiger partial charge in [-0.1, -0.05) is 17.8 Å². The van der Waals surface area contributed by atoms with Crippen molar-refractivity contribution in [2.24, 2.45) is 5.92 Å². The van der Waals surface area contributed by atoms with Gasteiger partial charge in [0.05, 0.1) is 31.2 Å². The molecular formula is C22H26N4O5S. The van der Waals surface area contributed by atoms with Crippen molar-refractivity contribution >= 4 is 23.6 Å². The number of likely N-dealkylation sites (N-methyl/N-ethyl adjacent to an activating group) is 2. The monoisotopic (exact) mass is 458 g/mol. The van der Waals surface area contributed by atoms with Crippen LogP contribution in [-0.2, 0) is 14.3 Å². The normalized spacial score (nSPS) is 34.9. The maximum Gasteiger partial charge on any atom is 0.260 e. The van der Waals surface area contributed by atoms with Crippen LogP contribution in [-0.4, -0.2) is 83.4 Å². The van der Waals surface area contributed by atoms with E-state index in [2.05, 4.69) is 18.0 Å². The summed E-state index contributed by atoms with van der Waals surface area (Å²) >= 11 is 1.36. The third-order valence-corrected chi connectivity index (χ3v) is 8.67. The van der Waals surface area contributed by atoms with Crippen LogP contribution in [0.1, 0.15) is 24.9 Å². The Morgan fingerprint density at radius 3 is 2.50 bits per heavy atom. The topological polar surface area (TPSA) is 95.3 Å². The second-order valence-corrected chi connectivity index (χ2v) is 10.5. The molecule has 4 fully saturated rings. The van der Waals surface area contributed by atoms with E-state index in [1.807, 2.05) is 12.1 Å². The molecule has 0 radical (unpaired) electrons. The summed E-state index contributed by atoms with van der Waals surface area (Å²) in [5.74, 6) is 0.602. The van der Waals surface area contributed by atoms with Gasteiger partial charge in [0, 0.05) is 26.6 Å². The number of rotatable bonds is 1. The number of hydrogen-bond donors (Lipinski definition) is 0. The number of amides is 2. The van der Waals surface area contributed by atoms with Gasteiger partial charge < -0.3 is 28.9 Å². The molecule has 4 atom stereocenters. The molecule has 0 saturated carbocycles. The zero-order valence-electron chi connectivity index (χ0n) is 18.4.